The quantitative estimate of drug-likeness (QED) is 0.429. The first kappa shape index (κ1) is 24.6. The third-order valence-corrected chi connectivity index (χ3v) is 6.49. The molecule has 0 unspecified atom stereocenters. The standard InChI is InChI=1S/C25H30N2O5S/c1-25(2,12-11-23(29)30)27-22(28)16-33-14-13-26-24(31)32-15-21-19-9-5-3-7-17(19)18-8-4-6-10-20(18)21/h3-10,21H,11-16H2,1-2H3,(H,26,31)(H,27,28)(H,29,30). The first-order chi connectivity index (χ1) is 15.8. The van der Waals surface area contributed by atoms with E-state index in [4.69, 9.17) is 9.84 Å². The lowest BCUT2D eigenvalue weighted by Gasteiger charge is -2.25. The molecule has 1 aliphatic rings. The van der Waals surface area contributed by atoms with Crippen LogP contribution in [0.4, 0.5) is 4.79 Å². The van der Waals surface area contributed by atoms with E-state index in [1.165, 1.54) is 34.0 Å². The minimum absolute atomic E-state index is 0.00445. The van der Waals surface area contributed by atoms with E-state index < -0.39 is 17.6 Å². The zero-order chi connectivity index (χ0) is 23.8. The van der Waals surface area contributed by atoms with Gasteiger partial charge in [-0.2, -0.15) is 11.8 Å². The summed E-state index contributed by atoms with van der Waals surface area (Å²) in [6.07, 6.45) is -0.108. The van der Waals surface area contributed by atoms with Gasteiger partial charge in [-0.05, 0) is 42.5 Å². The molecule has 7 nitrogen and oxygen atoms in total. The van der Waals surface area contributed by atoms with Crippen LogP contribution in [0.25, 0.3) is 11.1 Å². The van der Waals surface area contributed by atoms with Crippen molar-refractivity contribution in [3.05, 3.63) is 59.7 Å². The van der Waals surface area contributed by atoms with Crippen molar-refractivity contribution in [3.8, 4) is 11.1 Å². The minimum Gasteiger partial charge on any atom is -0.481 e. The molecular formula is C25H30N2O5S. The Hall–Kier alpha value is -3.00. The maximum atomic E-state index is 12.2. The number of benzene rings is 2. The monoisotopic (exact) mass is 470 g/mol. The first-order valence-corrected chi connectivity index (χ1v) is 12.1. The number of aliphatic carboxylic acids is 1. The molecule has 0 spiro atoms. The van der Waals surface area contributed by atoms with Gasteiger partial charge in [-0.3, -0.25) is 9.59 Å². The first-order valence-electron chi connectivity index (χ1n) is 11.0. The number of carboxylic acid groups (broad SMARTS) is 1. The number of carbonyl (C=O) groups excluding carboxylic acids is 2. The second kappa shape index (κ2) is 11.2. The largest absolute Gasteiger partial charge is 0.481 e. The Kier molecular flexibility index (Phi) is 8.38. The number of carboxylic acids is 1. The van der Waals surface area contributed by atoms with E-state index >= 15 is 0 Å². The van der Waals surface area contributed by atoms with E-state index in [0.29, 0.717) is 18.7 Å². The molecule has 0 radical (unpaired) electrons. The van der Waals surface area contributed by atoms with Gasteiger partial charge in [0.2, 0.25) is 5.91 Å². The number of nitrogens with one attached hydrogen (secondary N) is 2. The molecule has 0 atom stereocenters. The van der Waals surface area contributed by atoms with Crippen LogP contribution in [0, 0.1) is 0 Å². The summed E-state index contributed by atoms with van der Waals surface area (Å²) >= 11 is 1.39. The average molecular weight is 471 g/mol. The van der Waals surface area contributed by atoms with E-state index in [0.717, 1.165) is 0 Å². The molecule has 1 aliphatic carbocycles. The fourth-order valence-corrected chi connectivity index (χ4v) is 4.58. The van der Waals surface area contributed by atoms with E-state index in [9.17, 15) is 14.4 Å². The Bertz CT molecular complexity index is 962. The molecule has 0 aliphatic heterocycles. The Morgan fingerprint density at radius 2 is 1.64 bits per heavy atom. The summed E-state index contributed by atoms with van der Waals surface area (Å²) in [7, 11) is 0. The number of rotatable bonds is 11. The lowest BCUT2D eigenvalue weighted by molar-refractivity contribution is -0.137. The number of hydrogen-bond donors (Lipinski definition) is 3. The predicted molar refractivity (Wildman–Crippen MR) is 129 cm³/mol. The van der Waals surface area contributed by atoms with Gasteiger partial charge >= 0.3 is 12.1 Å². The van der Waals surface area contributed by atoms with Crippen molar-refractivity contribution in [2.24, 2.45) is 0 Å². The second-order valence-electron chi connectivity index (χ2n) is 8.63. The van der Waals surface area contributed by atoms with Gasteiger partial charge in [0, 0.05) is 30.2 Å². The highest BCUT2D eigenvalue weighted by atomic mass is 32.2. The van der Waals surface area contributed by atoms with Gasteiger partial charge in [0.25, 0.3) is 0 Å². The van der Waals surface area contributed by atoms with Crippen LogP contribution in [0.5, 0.6) is 0 Å². The van der Waals surface area contributed by atoms with Gasteiger partial charge in [0.1, 0.15) is 6.61 Å². The summed E-state index contributed by atoms with van der Waals surface area (Å²) in [5.74, 6) is -0.219. The lowest BCUT2D eigenvalue weighted by atomic mass is 9.98. The maximum Gasteiger partial charge on any atom is 0.407 e. The molecule has 33 heavy (non-hydrogen) atoms. The number of amides is 2. The van der Waals surface area contributed by atoms with Gasteiger partial charge in [-0.15, -0.1) is 0 Å². The molecule has 0 aromatic heterocycles. The van der Waals surface area contributed by atoms with E-state index in [1.807, 2.05) is 24.3 Å². The van der Waals surface area contributed by atoms with Crippen molar-refractivity contribution < 1.29 is 24.2 Å². The molecule has 2 aromatic rings. The molecule has 0 heterocycles. The summed E-state index contributed by atoms with van der Waals surface area (Å²) < 4.78 is 5.49. The van der Waals surface area contributed by atoms with E-state index in [-0.39, 0.29) is 30.6 Å². The van der Waals surface area contributed by atoms with Gasteiger partial charge in [0.15, 0.2) is 0 Å². The van der Waals surface area contributed by atoms with Crippen LogP contribution < -0.4 is 10.6 Å². The normalized spacial score (nSPS) is 12.5. The summed E-state index contributed by atoms with van der Waals surface area (Å²) in [5.41, 5.74) is 4.12. The molecule has 3 rings (SSSR count). The van der Waals surface area contributed by atoms with Crippen LogP contribution in [-0.2, 0) is 14.3 Å². The van der Waals surface area contributed by atoms with Crippen LogP contribution in [0.1, 0.15) is 43.7 Å². The number of ether oxygens (including phenoxy) is 1. The van der Waals surface area contributed by atoms with E-state index in [2.05, 4.69) is 34.9 Å². The smallest absolute Gasteiger partial charge is 0.407 e. The molecule has 0 bridgehead atoms. The molecule has 176 valence electrons. The number of thioether (sulfide) groups is 1. The number of hydrogen-bond acceptors (Lipinski definition) is 5. The second-order valence-corrected chi connectivity index (χ2v) is 9.74. The molecule has 3 N–H and O–H groups in total. The van der Waals surface area contributed by atoms with Crippen LogP contribution in [-0.4, -0.2) is 53.3 Å². The van der Waals surface area contributed by atoms with Gasteiger partial charge in [-0.1, -0.05) is 48.5 Å². The Balaban J connectivity index is 1.36. The van der Waals surface area contributed by atoms with Gasteiger partial charge in [0.05, 0.1) is 5.75 Å². The molecular weight excluding hydrogens is 440 g/mol. The maximum absolute atomic E-state index is 12.2. The topological polar surface area (TPSA) is 105 Å². The predicted octanol–water partition coefficient (Wildman–Crippen LogP) is 4.02. The molecule has 0 saturated carbocycles. The fourth-order valence-electron chi connectivity index (χ4n) is 3.94. The zero-order valence-corrected chi connectivity index (χ0v) is 19.7. The number of alkyl carbamates (subject to hydrolysis) is 1. The van der Waals surface area contributed by atoms with Gasteiger partial charge < -0.3 is 20.5 Å². The molecule has 0 fully saturated rings. The highest BCUT2D eigenvalue weighted by Crippen LogP contribution is 2.44. The van der Waals surface area contributed by atoms with Crippen molar-refractivity contribution in [3.63, 3.8) is 0 Å². The summed E-state index contributed by atoms with van der Waals surface area (Å²) in [6.45, 7) is 4.26. The van der Waals surface area contributed by atoms with Crippen LogP contribution in [0.2, 0.25) is 0 Å². The summed E-state index contributed by atoms with van der Waals surface area (Å²) in [5, 5.41) is 14.4. The lowest BCUT2D eigenvalue weighted by Crippen LogP contribution is -2.44. The van der Waals surface area contributed by atoms with Crippen molar-refractivity contribution in [1.82, 2.24) is 10.6 Å². The SMILES string of the molecule is CC(C)(CCC(=O)O)NC(=O)CSCCNC(=O)OCC1c2ccccc2-c2ccccc21. The molecule has 2 amide bonds. The summed E-state index contributed by atoms with van der Waals surface area (Å²) in [6, 6.07) is 16.4. The Morgan fingerprint density at radius 1 is 1.03 bits per heavy atom. The van der Waals surface area contributed by atoms with E-state index in [1.54, 1.807) is 13.8 Å². The zero-order valence-electron chi connectivity index (χ0n) is 18.9. The Labute approximate surface area is 198 Å². The van der Waals surface area contributed by atoms with Crippen molar-refractivity contribution in [2.45, 2.75) is 38.1 Å². The minimum atomic E-state index is -0.883. The molecule has 2 aromatic carbocycles. The number of fused-ring (bicyclic) bond motifs is 3. The molecule has 0 saturated heterocycles. The fraction of sp³-hybridized carbons (Fsp3) is 0.400. The van der Waals surface area contributed by atoms with Crippen LogP contribution in [0.15, 0.2) is 48.5 Å². The molecule has 8 heteroatoms. The average Bonchev–Trinajstić information content (AvgIpc) is 3.09. The van der Waals surface area contributed by atoms with Crippen LogP contribution >= 0.6 is 11.8 Å². The third-order valence-electron chi connectivity index (χ3n) is 5.53. The Morgan fingerprint density at radius 3 is 2.24 bits per heavy atom. The van der Waals surface area contributed by atoms with Crippen molar-refractivity contribution in [2.75, 3.05) is 24.7 Å². The van der Waals surface area contributed by atoms with Gasteiger partial charge in [-0.25, -0.2) is 4.79 Å². The van der Waals surface area contributed by atoms with Crippen molar-refractivity contribution in [1.29, 1.82) is 0 Å². The summed E-state index contributed by atoms with van der Waals surface area (Å²) in [4.78, 5) is 34.9. The van der Waals surface area contributed by atoms with Crippen molar-refractivity contribution >= 4 is 29.7 Å². The highest BCUT2D eigenvalue weighted by Gasteiger charge is 2.29. The third kappa shape index (κ3) is 6.99. The highest BCUT2D eigenvalue weighted by molar-refractivity contribution is 7.99. The number of carbonyl (C=O) groups is 3. The van der Waals surface area contributed by atoms with Crippen LogP contribution in [0.3, 0.4) is 0 Å².